The second-order valence-electron chi connectivity index (χ2n) is 5.90. The summed E-state index contributed by atoms with van der Waals surface area (Å²) in [5.74, 6) is -1.38. The molecule has 1 aromatic heterocycles. The third-order valence-electron chi connectivity index (χ3n) is 3.91. The Morgan fingerprint density at radius 3 is 2.33 bits per heavy atom. The number of allylic oxidation sites excluding steroid dienone is 1. The standard InChI is InChI=1S/C20H11F6N3O/c21-16-4-2-1-3-15(16)13(11-27)9-12-5-7-14(8-6-12)29-18(30-19(22)23)10-17(28-29)20(24,25)26/h1-10,19H. The SMILES string of the molecule is N#CC(=Cc1ccc(-n2nc(C(F)(F)F)cc2OC(F)F)cc1)c1ccccc1F. The van der Waals surface area contributed by atoms with Crippen LogP contribution in [0.4, 0.5) is 26.3 Å². The fourth-order valence-electron chi connectivity index (χ4n) is 2.59. The number of aromatic nitrogens is 2. The summed E-state index contributed by atoms with van der Waals surface area (Å²) in [4.78, 5) is 0. The van der Waals surface area contributed by atoms with Gasteiger partial charge in [-0.1, -0.05) is 30.3 Å². The van der Waals surface area contributed by atoms with Gasteiger partial charge in [0, 0.05) is 11.6 Å². The van der Waals surface area contributed by atoms with Gasteiger partial charge in [-0.15, -0.1) is 0 Å². The van der Waals surface area contributed by atoms with Crippen LogP contribution in [0.25, 0.3) is 17.3 Å². The highest BCUT2D eigenvalue weighted by Crippen LogP contribution is 2.33. The number of nitrogens with zero attached hydrogens (tertiary/aromatic N) is 3. The van der Waals surface area contributed by atoms with E-state index in [4.69, 9.17) is 0 Å². The first-order valence-corrected chi connectivity index (χ1v) is 8.28. The molecule has 2 aromatic carbocycles. The highest BCUT2D eigenvalue weighted by Gasteiger charge is 2.36. The molecule has 0 aliphatic heterocycles. The molecule has 30 heavy (non-hydrogen) atoms. The molecule has 0 aliphatic carbocycles. The Hall–Kier alpha value is -3.74. The molecule has 0 atom stereocenters. The maximum atomic E-state index is 13.9. The topological polar surface area (TPSA) is 50.8 Å². The molecule has 0 fully saturated rings. The van der Waals surface area contributed by atoms with Crippen LogP contribution < -0.4 is 4.74 Å². The summed E-state index contributed by atoms with van der Waals surface area (Å²) in [6.07, 6.45) is -3.47. The van der Waals surface area contributed by atoms with E-state index in [1.54, 1.807) is 6.07 Å². The van der Waals surface area contributed by atoms with Crippen LogP contribution in [0, 0.1) is 17.1 Å². The van der Waals surface area contributed by atoms with Gasteiger partial charge in [0.25, 0.3) is 0 Å². The van der Waals surface area contributed by atoms with Crippen molar-refractivity contribution in [1.29, 1.82) is 5.26 Å². The van der Waals surface area contributed by atoms with E-state index in [-0.39, 0.29) is 16.8 Å². The minimum Gasteiger partial charge on any atom is -0.417 e. The van der Waals surface area contributed by atoms with Gasteiger partial charge in [-0.25, -0.2) is 9.07 Å². The van der Waals surface area contributed by atoms with Crippen LogP contribution >= 0.6 is 0 Å². The summed E-state index contributed by atoms with van der Waals surface area (Å²) in [6, 6.07) is 13.3. The smallest absolute Gasteiger partial charge is 0.417 e. The summed E-state index contributed by atoms with van der Waals surface area (Å²) in [5.41, 5.74) is -0.839. The molecule has 0 N–H and O–H groups in total. The van der Waals surface area contributed by atoms with Crippen molar-refractivity contribution >= 4 is 11.6 Å². The van der Waals surface area contributed by atoms with Gasteiger partial charge in [0.05, 0.1) is 17.3 Å². The second-order valence-corrected chi connectivity index (χ2v) is 5.90. The van der Waals surface area contributed by atoms with Crippen molar-refractivity contribution in [1.82, 2.24) is 9.78 Å². The quantitative estimate of drug-likeness (QED) is 0.301. The predicted octanol–water partition coefficient (Wildman–Crippen LogP) is 5.70. The van der Waals surface area contributed by atoms with Gasteiger partial charge in [-0.3, -0.25) is 0 Å². The van der Waals surface area contributed by atoms with Crippen molar-refractivity contribution in [2.24, 2.45) is 0 Å². The fraction of sp³-hybridized carbons (Fsp3) is 0.100. The first-order chi connectivity index (χ1) is 14.2. The molecule has 1 heterocycles. The average molecular weight is 423 g/mol. The Balaban J connectivity index is 1.97. The molecule has 154 valence electrons. The fourth-order valence-corrected chi connectivity index (χ4v) is 2.59. The molecule has 0 aliphatic rings. The number of hydrogen-bond acceptors (Lipinski definition) is 3. The number of nitriles is 1. The van der Waals surface area contributed by atoms with Crippen LogP contribution in [0.5, 0.6) is 5.88 Å². The lowest BCUT2D eigenvalue weighted by atomic mass is 10.0. The molecule has 10 heteroatoms. The van der Waals surface area contributed by atoms with E-state index in [1.165, 1.54) is 48.5 Å². The molecule has 3 aromatic rings. The molecule has 0 spiro atoms. The molecule has 0 unspecified atom stereocenters. The van der Waals surface area contributed by atoms with Crippen molar-refractivity contribution in [3.63, 3.8) is 0 Å². The van der Waals surface area contributed by atoms with Gasteiger partial charge in [0.2, 0.25) is 5.88 Å². The van der Waals surface area contributed by atoms with Crippen LogP contribution in [0.3, 0.4) is 0 Å². The minimum absolute atomic E-state index is 0.0164. The van der Waals surface area contributed by atoms with E-state index >= 15 is 0 Å². The number of rotatable bonds is 5. The third kappa shape index (κ3) is 4.63. The van der Waals surface area contributed by atoms with E-state index in [0.717, 1.165) is 0 Å². The number of hydrogen-bond donors (Lipinski definition) is 0. The zero-order valence-corrected chi connectivity index (χ0v) is 14.9. The van der Waals surface area contributed by atoms with Crippen LogP contribution in [0.1, 0.15) is 16.8 Å². The number of ether oxygens (including phenoxy) is 1. The summed E-state index contributed by atoms with van der Waals surface area (Å²) in [5, 5.41) is 12.6. The molecule has 4 nitrogen and oxygen atoms in total. The first kappa shape index (κ1) is 21.0. The van der Waals surface area contributed by atoms with Crippen molar-refractivity contribution in [3.05, 3.63) is 77.2 Å². The summed E-state index contributed by atoms with van der Waals surface area (Å²) < 4.78 is 82.4. The highest BCUT2D eigenvalue weighted by molar-refractivity contribution is 5.89. The van der Waals surface area contributed by atoms with Gasteiger partial charge in [0.15, 0.2) is 5.69 Å². The lowest BCUT2D eigenvalue weighted by Gasteiger charge is -2.08. The van der Waals surface area contributed by atoms with Crippen molar-refractivity contribution in [2.75, 3.05) is 0 Å². The molecule has 0 bridgehead atoms. The van der Waals surface area contributed by atoms with E-state index < -0.39 is 30.2 Å². The van der Waals surface area contributed by atoms with Gasteiger partial charge in [-0.05, 0) is 29.8 Å². The van der Waals surface area contributed by atoms with Crippen molar-refractivity contribution < 1.29 is 31.1 Å². The molecule has 3 rings (SSSR count). The normalized spacial score (nSPS) is 12.1. The molecule has 0 saturated carbocycles. The molecular formula is C20H11F6N3O. The van der Waals surface area contributed by atoms with Crippen molar-refractivity contribution in [2.45, 2.75) is 12.8 Å². The largest absolute Gasteiger partial charge is 0.435 e. The number of alkyl halides is 5. The van der Waals surface area contributed by atoms with E-state index in [9.17, 15) is 31.6 Å². The van der Waals surface area contributed by atoms with Crippen LogP contribution in [-0.4, -0.2) is 16.4 Å². The predicted molar refractivity (Wildman–Crippen MR) is 95.1 cm³/mol. The Bertz CT molecular complexity index is 1110. The van der Waals surface area contributed by atoms with Crippen LogP contribution in [-0.2, 0) is 6.18 Å². The van der Waals surface area contributed by atoms with E-state index in [2.05, 4.69) is 9.84 Å². The Morgan fingerprint density at radius 1 is 1.10 bits per heavy atom. The molecular weight excluding hydrogens is 412 g/mol. The molecule has 0 radical (unpaired) electrons. The zero-order chi connectivity index (χ0) is 21.9. The second kappa shape index (κ2) is 8.32. The van der Waals surface area contributed by atoms with Gasteiger partial charge in [0.1, 0.15) is 5.82 Å². The van der Waals surface area contributed by atoms with E-state index in [1.807, 2.05) is 6.07 Å². The maximum Gasteiger partial charge on any atom is 0.435 e. The van der Waals surface area contributed by atoms with Crippen LogP contribution in [0.15, 0.2) is 54.6 Å². The molecule has 0 saturated heterocycles. The third-order valence-corrected chi connectivity index (χ3v) is 3.91. The average Bonchev–Trinajstić information content (AvgIpc) is 3.11. The first-order valence-electron chi connectivity index (χ1n) is 8.28. The van der Waals surface area contributed by atoms with Gasteiger partial charge in [-0.2, -0.15) is 32.3 Å². The lowest BCUT2D eigenvalue weighted by Crippen LogP contribution is -2.09. The molecule has 0 amide bonds. The monoisotopic (exact) mass is 423 g/mol. The van der Waals surface area contributed by atoms with Gasteiger partial charge >= 0.3 is 12.8 Å². The highest BCUT2D eigenvalue weighted by atomic mass is 19.4. The summed E-state index contributed by atoms with van der Waals surface area (Å²) in [6.45, 7) is -3.34. The van der Waals surface area contributed by atoms with Crippen molar-refractivity contribution in [3.8, 4) is 17.6 Å². The summed E-state index contributed by atoms with van der Waals surface area (Å²) >= 11 is 0. The minimum atomic E-state index is -4.85. The Morgan fingerprint density at radius 2 is 1.77 bits per heavy atom. The van der Waals surface area contributed by atoms with Crippen LogP contribution in [0.2, 0.25) is 0 Å². The van der Waals surface area contributed by atoms with E-state index in [0.29, 0.717) is 16.3 Å². The Kier molecular flexibility index (Phi) is 5.82. The van der Waals surface area contributed by atoms with Gasteiger partial charge < -0.3 is 4.74 Å². The number of halogens is 6. The Labute approximate surface area is 166 Å². The zero-order valence-electron chi connectivity index (χ0n) is 14.9. The number of benzene rings is 2. The maximum absolute atomic E-state index is 13.9. The summed E-state index contributed by atoms with van der Waals surface area (Å²) in [7, 11) is 0. The lowest BCUT2D eigenvalue weighted by molar-refractivity contribution is -0.141.